The molecule has 2 fully saturated rings. The van der Waals surface area contributed by atoms with E-state index in [0.29, 0.717) is 11.8 Å². The lowest BCUT2D eigenvalue weighted by Gasteiger charge is -2.31. The zero-order valence-electron chi connectivity index (χ0n) is 19.9. The van der Waals surface area contributed by atoms with Gasteiger partial charge in [0.05, 0.1) is 28.7 Å². The van der Waals surface area contributed by atoms with E-state index in [1.54, 1.807) is 6.20 Å². The third-order valence-corrected chi connectivity index (χ3v) is 7.57. The Morgan fingerprint density at radius 1 is 1.00 bits per heavy atom. The molecule has 2 N–H and O–H groups in total. The number of hydrogen-bond donors (Lipinski definition) is 1. The fraction of sp³-hybridized carbons (Fsp3) is 0.542. The largest absolute Gasteiger partial charge is 0.460 e. The molecule has 4 heterocycles. The Kier molecular flexibility index (Phi) is 6.98. The molecule has 3 aromatic rings. The van der Waals surface area contributed by atoms with Crippen molar-refractivity contribution >= 4 is 17.2 Å². The minimum absolute atomic E-state index is 0.192. The number of nitrogens with two attached hydrogens (primary N) is 1. The monoisotopic (exact) mass is 480 g/mol. The normalized spacial score (nSPS) is 18.3. The number of anilines is 1. The van der Waals surface area contributed by atoms with Gasteiger partial charge < -0.3 is 15.4 Å². The standard InChI is InChI=1S/C24H32N8OS/c1-16-12-19(29-24(28-16)33-18-6-4-3-5-7-18)21-22(25)30-23(34-21)20-14-26-17(13-27-20)15-32-10-8-31(2)9-11-32/h12-14,18H,3-11,15,25H2,1-2H3. The predicted octanol–water partition coefficient (Wildman–Crippen LogP) is 3.41. The van der Waals surface area contributed by atoms with Gasteiger partial charge >= 0.3 is 6.01 Å². The Balaban J connectivity index is 1.31. The summed E-state index contributed by atoms with van der Waals surface area (Å²) in [6, 6.07) is 2.34. The number of nitrogens with zero attached hydrogens (tertiary/aromatic N) is 7. The summed E-state index contributed by atoms with van der Waals surface area (Å²) in [5, 5.41) is 0.733. The quantitative estimate of drug-likeness (QED) is 0.568. The van der Waals surface area contributed by atoms with Gasteiger partial charge in [-0.3, -0.25) is 14.9 Å². The van der Waals surface area contributed by atoms with Gasteiger partial charge in [-0.25, -0.2) is 9.97 Å². The first-order chi connectivity index (χ1) is 16.5. The molecule has 2 aliphatic rings. The van der Waals surface area contributed by atoms with Crippen LogP contribution in [0.25, 0.3) is 21.3 Å². The summed E-state index contributed by atoms with van der Waals surface area (Å²) in [6.07, 6.45) is 9.61. The second kappa shape index (κ2) is 10.3. The van der Waals surface area contributed by atoms with Crippen LogP contribution >= 0.6 is 11.3 Å². The van der Waals surface area contributed by atoms with Crippen molar-refractivity contribution in [2.24, 2.45) is 0 Å². The molecule has 1 aliphatic heterocycles. The van der Waals surface area contributed by atoms with Gasteiger partial charge in [0.1, 0.15) is 22.6 Å². The van der Waals surface area contributed by atoms with Gasteiger partial charge in [0.15, 0.2) is 0 Å². The van der Waals surface area contributed by atoms with Crippen LogP contribution in [0.2, 0.25) is 0 Å². The number of nitrogen functional groups attached to an aromatic ring is 1. The third-order valence-electron chi connectivity index (χ3n) is 6.45. The van der Waals surface area contributed by atoms with E-state index in [-0.39, 0.29) is 6.10 Å². The van der Waals surface area contributed by atoms with Gasteiger partial charge in [0, 0.05) is 38.4 Å². The van der Waals surface area contributed by atoms with Crippen LogP contribution in [0.1, 0.15) is 43.5 Å². The summed E-state index contributed by atoms with van der Waals surface area (Å²) >= 11 is 1.47. The average Bonchev–Trinajstić information content (AvgIpc) is 3.23. The summed E-state index contributed by atoms with van der Waals surface area (Å²) in [5.41, 5.74) is 9.56. The topological polar surface area (TPSA) is 106 Å². The van der Waals surface area contributed by atoms with E-state index >= 15 is 0 Å². The van der Waals surface area contributed by atoms with Crippen LogP contribution in [0, 0.1) is 6.92 Å². The molecule has 0 atom stereocenters. The second-order valence-corrected chi connectivity index (χ2v) is 10.3. The highest BCUT2D eigenvalue weighted by Crippen LogP contribution is 2.36. The van der Waals surface area contributed by atoms with E-state index in [1.165, 1.54) is 30.6 Å². The molecule has 1 saturated heterocycles. The maximum absolute atomic E-state index is 6.30. The van der Waals surface area contributed by atoms with Crippen molar-refractivity contribution in [2.45, 2.75) is 51.7 Å². The molecule has 9 nitrogen and oxygen atoms in total. The molecule has 0 spiro atoms. The van der Waals surface area contributed by atoms with Crippen molar-refractivity contribution in [1.82, 2.24) is 34.7 Å². The summed E-state index contributed by atoms with van der Waals surface area (Å²) < 4.78 is 6.10. The lowest BCUT2D eigenvalue weighted by Crippen LogP contribution is -2.44. The Labute approximate surface area is 204 Å². The van der Waals surface area contributed by atoms with Gasteiger partial charge in [-0.1, -0.05) is 6.42 Å². The zero-order valence-corrected chi connectivity index (χ0v) is 20.7. The van der Waals surface area contributed by atoms with E-state index in [4.69, 9.17) is 10.5 Å². The number of piperazine rings is 1. The molecule has 0 amide bonds. The number of likely N-dealkylation sites (N-methyl/N-ethyl adjacent to an activating group) is 1. The summed E-state index contributed by atoms with van der Waals surface area (Å²) in [7, 11) is 2.16. The van der Waals surface area contributed by atoms with E-state index in [9.17, 15) is 0 Å². The van der Waals surface area contributed by atoms with Crippen LogP contribution in [-0.2, 0) is 6.54 Å². The fourth-order valence-corrected chi connectivity index (χ4v) is 5.36. The van der Waals surface area contributed by atoms with Gasteiger partial charge in [-0.15, -0.1) is 11.3 Å². The molecule has 1 aliphatic carbocycles. The smallest absolute Gasteiger partial charge is 0.317 e. The Morgan fingerprint density at radius 2 is 1.79 bits per heavy atom. The van der Waals surface area contributed by atoms with Crippen molar-refractivity contribution in [2.75, 3.05) is 39.0 Å². The first-order valence-electron chi connectivity index (χ1n) is 12.0. The van der Waals surface area contributed by atoms with Crippen molar-refractivity contribution in [3.63, 3.8) is 0 Å². The molecule has 0 radical (unpaired) electrons. The number of aryl methyl sites for hydroxylation is 1. The lowest BCUT2D eigenvalue weighted by atomic mass is 9.98. The van der Waals surface area contributed by atoms with E-state index in [2.05, 4.69) is 41.8 Å². The highest BCUT2D eigenvalue weighted by atomic mass is 32.1. The van der Waals surface area contributed by atoms with Crippen LogP contribution in [-0.4, -0.2) is 74.1 Å². The van der Waals surface area contributed by atoms with Crippen molar-refractivity contribution in [1.29, 1.82) is 0 Å². The zero-order chi connectivity index (χ0) is 23.5. The van der Waals surface area contributed by atoms with Gasteiger partial charge in [-0.2, -0.15) is 4.98 Å². The van der Waals surface area contributed by atoms with E-state index < -0.39 is 0 Å². The second-order valence-electron chi connectivity index (χ2n) is 9.26. The van der Waals surface area contributed by atoms with Crippen molar-refractivity contribution in [3.05, 3.63) is 29.8 Å². The van der Waals surface area contributed by atoms with Crippen LogP contribution in [0.4, 0.5) is 5.82 Å². The molecule has 0 aromatic carbocycles. The molecule has 0 bridgehead atoms. The van der Waals surface area contributed by atoms with Crippen LogP contribution in [0.5, 0.6) is 6.01 Å². The van der Waals surface area contributed by atoms with Crippen LogP contribution in [0.3, 0.4) is 0 Å². The summed E-state index contributed by atoms with van der Waals surface area (Å²) in [4.78, 5) is 28.5. The Hall–Kier alpha value is -2.69. The van der Waals surface area contributed by atoms with Crippen molar-refractivity contribution < 1.29 is 4.74 Å². The first kappa shape index (κ1) is 23.1. The number of aromatic nitrogens is 5. The molecule has 3 aromatic heterocycles. The van der Waals surface area contributed by atoms with Gasteiger partial charge in [0.2, 0.25) is 0 Å². The molecular formula is C24H32N8OS. The molecular weight excluding hydrogens is 448 g/mol. The molecule has 180 valence electrons. The molecule has 5 rings (SSSR count). The van der Waals surface area contributed by atoms with Gasteiger partial charge in [0.25, 0.3) is 0 Å². The molecule has 0 unspecified atom stereocenters. The highest BCUT2D eigenvalue weighted by Gasteiger charge is 2.20. The molecule has 1 saturated carbocycles. The average molecular weight is 481 g/mol. The predicted molar refractivity (Wildman–Crippen MR) is 134 cm³/mol. The summed E-state index contributed by atoms with van der Waals surface area (Å²) in [6.45, 7) is 7.04. The minimum atomic E-state index is 0.192. The minimum Gasteiger partial charge on any atom is -0.460 e. The maximum atomic E-state index is 6.30. The lowest BCUT2D eigenvalue weighted by molar-refractivity contribution is 0.142. The number of rotatable bonds is 6. The Bertz CT molecular complexity index is 1100. The van der Waals surface area contributed by atoms with Crippen LogP contribution < -0.4 is 10.5 Å². The van der Waals surface area contributed by atoms with E-state index in [1.807, 2.05) is 19.2 Å². The number of ether oxygens (including phenoxy) is 1. The van der Waals surface area contributed by atoms with E-state index in [0.717, 1.165) is 78.2 Å². The fourth-order valence-electron chi connectivity index (χ4n) is 4.45. The van der Waals surface area contributed by atoms with Gasteiger partial charge in [-0.05, 0) is 45.7 Å². The van der Waals surface area contributed by atoms with Crippen LogP contribution in [0.15, 0.2) is 18.5 Å². The number of hydrogen-bond acceptors (Lipinski definition) is 10. The third kappa shape index (κ3) is 5.51. The van der Waals surface area contributed by atoms with Crippen molar-refractivity contribution in [3.8, 4) is 27.3 Å². The molecule has 34 heavy (non-hydrogen) atoms. The number of thiazole rings is 1. The first-order valence-corrected chi connectivity index (χ1v) is 12.9. The Morgan fingerprint density at radius 3 is 2.53 bits per heavy atom. The molecule has 10 heteroatoms. The summed E-state index contributed by atoms with van der Waals surface area (Å²) in [5.74, 6) is 0.435. The highest BCUT2D eigenvalue weighted by molar-refractivity contribution is 7.18. The maximum Gasteiger partial charge on any atom is 0.317 e. The SMILES string of the molecule is Cc1cc(-c2sc(-c3cnc(CN4CCN(C)CC4)cn3)nc2N)nc(OC2CCCCC2)n1.